The molecule has 0 heterocycles. The first kappa shape index (κ1) is 13.7. The Hall–Kier alpha value is -0.330. The summed E-state index contributed by atoms with van der Waals surface area (Å²) in [6, 6.07) is -0.819. The highest BCUT2D eigenvalue weighted by atomic mass is 32.2. The van der Waals surface area contributed by atoms with E-state index in [1.54, 1.807) is 0 Å². The third-order valence-corrected chi connectivity index (χ3v) is 4.78. The molecule has 9 nitrogen and oxygen atoms in total. The fourth-order valence-electron chi connectivity index (χ4n) is 1.83. The highest BCUT2D eigenvalue weighted by Crippen LogP contribution is 2.36. The van der Waals surface area contributed by atoms with Crippen LogP contribution < -0.4 is 34.4 Å². The van der Waals surface area contributed by atoms with Crippen molar-refractivity contribution in [3.05, 3.63) is 0 Å². The maximum atomic E-state index is 11.2. The standard InChI is InChI=1S/C6H18N6O3S/c7-3-1-2-4(8,16(13,14)15)6(11,12)5(3,9)10/h3H,1-2,7-12H2,(H,13,14,15). The van der Waals surface area contributed by atoms with E-state index in [2.05, 4.69) is 0 Å². The lowest BCUT2D eigenvalue weighted by molar-refractivity contribution is 0.0835. The molecule has 1 rings (SSSR count). The van der Waals surface area contributed by atoms with Crippen LogP contribution in [-0.4, -0.2) is 35.2 Å². The molecule has 13 N–H and O–H groups in total. The molecule has 0 aromatic carbocycles. The summed E-state index contributed by atoms with van der Waals surface area (Å²) in [6.07, 6.45) is -0.143. The van der Waals surface area contributed by atoms with Crippen molar-refractivity contribution >= 4 is 10.1 Å². The van der Waals surface area contributed by atoms with E-state index in [-0.39, 0.29) is 12.8 Å². The molecule has 0 amide bonds. The second kappa shape index (κ2) is 3.34. The maximum absolute atomic E-state index is 11.2. The summed E-state index contributed by atoms with van der Waals surface area (Å²) >= 11 is 0. The van der Waals surface area contributed by atoms with Gasteiger partial charge < -0.3 is 34.4 Å². The molecular weight excluding hydrogens is 236 g/mol. The van der Waals surface area contributed by atoms with Crippen LogP contribution in [0.15, 0.2) is 0 Å². The molecule has 1 aliphatic carbocycles. The Kier molecular flexibility index (Phi) is 2.86. The first-order valence-electron chi connectivity index (χ1n) is 4.55. The zero-order valence-electron chi connectivity index (χ0n) is 8.63. The second-order valence-electron chi connectivity index (χ2n) is 4.31. The lowest BCUT2D eigenvalue weighted by atomic mass is 9.74. The Labute approximate surface area is 93.2 Å². The third-order valence-electron chi connectivity index (χ3n) is 3.32. The molecule has 0 spiro atoms. The number of hydrogen-bond donors (Lipinski definition) is 7. The topological polar surface area (TPSA) is 210 Å². The van der Waals surface area contributed by atoms with E-state index in [9.17, 15) is 8.42 Å². The Bertz CT molecular complexity index is 393. The van der Waals surface area contributed by atoms with Crippen LogP contribution in [0.5, 0.6) is 0 Å². The number of nitrogens with two attached hydrogens (primary N) is 6. The average Bonchev–Trinajstić information content (AvgIpc) is 2.08. The summed E-state index contributed by atoms with van der Waals surface area (Å²) in [5.41, 5.74) is 29.4. The van der Waals surface area contributed by atoms with E-state index >= 15 is 0 Å². The van der Waals surface area contributed by atoms with Gasteiger partial charge in [-0.3, -0.25) is 4.55 Å². The maximum Gasteiger partial charge on any atom is 0.287 e. The van der Waals surface area contributed by atoms with Crippen LogP contribution in [0.25, 0.3) is 0 Å². The highest BCUT2D eigenvalue weighted by molar-refractivity contribution is 7.87. The van der Waals surface area contributed by atoms with Gasteiger partial charge in [-0.05, 0) is 12.8 Å². The van der Waals surface area contributed by atoms with Gasteiger partial charge in [0.05, 0.1) is 0 Å². The van der Waals surface area contributed by atoms with Crippen molar-refractivity contribution in [1.82, 2.24) is 0 Å². The smallest absolute Gasteiger partial charge is 0.287 e. The van der Waals surface area contributed by atoms with Gasteiger partial charge in [-0.2, -0.15) is 8.42 Å². The van der Waals surface area contributed by atoms with Crippen LogP contribution >= 0.6 is 0 Å². The van der Waals surface area contributed by atoms with Gasteiger partial charge >= 0.3 is 0 Å². The SMILES string of the molecule is NC1CCC(N)(S(=O)(=O)O)C(N)(N)C1(N)N. The quantitative estimate of drug-likeness (QED) is 0.178. The second-order valence-corrected chi connectivity index (χ2v) is 5.99. The van der Waals surface area contributed by atoms with Gasteiger partial charge in [0.25, 0.3) is 10.1 Å². The fraction of sp³-hybridized carbons (Fsp3) is 1.00. The van der Waals surface area contributed by atoms with Crippen molar-refractivity contribution in [2.24, 2.45) is 34.4 Å². The van der Waals surface area contributed by atoms with Crippen molar-refractivity contribution in [3.8, 4) is 0 Å². The zero-order chi connectivity index (χ0) is 13.0. The number of rotatable bonds is 1. The molecule has 0 bridgehead atoms. The molecule has 1 aliphatic rings. The molecule has 2 unspecified atom stereocenters. The molecule has 1 saturated carbocycles. The van der Waals surface area contributed by atoms with Gasteiger partial charge in [0.15, 0.2) is 4.87 Å². The van der Waals surface area contributed by atoms with E-state index in [1.165, 1.54) is 0 Å². The zero-order valence-corrected chi connectivity index (χ0v) is 9.44. The first-order chi connectivity index (χ1) is 6.88. The summed E-state index contributed by atoms with van der Waals surface area (Å²) in [5.74, 6) is 0. The Balaban J connectivity index is 3.38. The molecule has 0 aromatic heterocycles. The molecule has 0 aliphatic heterocycles. The van der Waals surface area contributed by atoms with Gasteiger partial charge in [0.2, 0.25) is 0 Å². The molecule has 10 heteroatoms. The van der Waals surface area contributed by atoms with Crippen molar-refractivity contribution in [3.63, 3.8) is 0 Å². The Morgan fingerprint density at radius 1 is 1.12 bits per heavy atom. The fourth-order valence-corrected chi connectivity index (χ4v) is 2.81. The summed E-state index contributed by atoms with van der Waals surface area (Å²) in [6.45, 7) is 0. The Morgan fingerprint density at radius 3 is 1.94 bits per heavy atom. The molecule has 16 heavy (non-hydrogen) atoms. The van der Waals surface area contributed by atoms with Crippen molar-refractivity contribution in [2.45, 2.75) is 35.1 Å². The van der Waals surface area contributed by atoms with E-state index in [0.717, 1.165) is 0 Å². The molecule has 0 radical (unpaired) electrons. The van der Waals surface area contributed by atoms with Gasteiger partial charge in [-0.25, -0.2) is 0 Å². The van der Waals surface area contributed by atoms with Crippen LogP contribution in [-0.2, 0) is 10.1 Å². The van der Waals surface area contributed by atoms with Crippen LogP contribution in [0.1, 0.15) is 12.8 Å². The third kappa shape index (κ3) is 1.47. The van der Waals surface area contributed by atoms with Crippen LogP contribution in [0.2, 0.25) is 0 Å². The Morgan fingerprint density at radius 2 is 1.56 bits per heavy atom. The molecule has 2 atom stereocenters. The minimum Gasteiger partial charge on any atom is -0.325 e. The summed E-state index contributed by atoms with van der Waals surface area (Å²) in [4.78, 5) is -2.32. The summed E-state index contributed by atoms with van der Waals surface area (Å²) < 4.78 is 31.6. The molecule has 0 aromatic rings. The average molecular weight is 254 g/mol. The van der Waals surface area contributed by atoms with Gasteiger partial charge in [0.1, 0.15) is 11.3 Å². The molecule has 96 valence electrons. The number of hydrogen-bond acceptors (Lipinski definition) is 8. The van der Waals surface area contributed by atoms with Gasteiger partial charge in [0, 0.05) is 6.04 Å². The van der Waals surface area contributed by atoms with E-state index < -0.39 is 32.4 Å². The predicted octanol–water partition coefficient (Wildman–Crippen LogP) is -4.12. The highest BCUT2D eigenvalue weighted by Gasteiger charge is 2.65. The van der Waals surface area contributed by atoms with Crippen LogP contribution in [0.3, 0.4) is 0 Å². The van der Waals surface area contributed by atoms with Gasteiger partial charge in [-0.15, -0.1) is 0 Å². The van der Waals surface area contributed by atoms with Crippen molar-refractivity contribution in [1.29, 1.82) is 0 Å². The minimum absolute atomic E-state index is 0.0828. The minimum atomic E-state index is -4.72. The summed E-state index contributed by atoms with van der Waals surface area (Å²) in [5, 5.41) is 0. The van der Waals surface area contributed by atoms with Crippen molar-refractivity contribution < 1.29 is 13.0 Å². The largest absolute Gasteiger partial charge is 0.325 e. The monoisotopic (exact) mass is 254 g/mol. The predicted molar refractivity (Wildman–Crippen MR) is 57.9 cm³/mol. The van der Waals surface area contributed by atoms with Gasteiger partial charge in [-0.1, -0.05) is 0 Å². The van der Waals surface area contributed by atoms with E-state index in [0.29, 0.717) is 0 Å². The lowest BCUT2D eigenvalue weighted by Crippen LogP contribution is -2.93. The van der Waals surface area contributed by atoms with Crippen LogP contribution in [0.4, 0.5) is 0 Å². The van der Waals surface area contributed by atoms with Crippen molar-refractivity contribution in [2.75, 3.05) is 0 Å². The van der Waals surface area contributed by atoms with Crippen LogP contribution in [0, 0.1) is 0 Å². The lowest BCUT2D eigenvalue weighted by Gasteiger charge is -2.55. The normalized spacial score (nSPS) is 38.3. The first-order valence-corrected chi connectivity index (χ1v) is 5.99. The molecular formula is C6H18N6O3S. The molecule has 1 fully saturated rings. The molecule has 0 saturated heterocycles. The summed E-state index contributed by atoms with van der Waals surface area (Å²) in [7, 11) is -4.72. The van der Waals surface area contributed by atoms with E-state index in [1.807, 2.05) is 0 Å². The van der Waals surface area contributed by atoms with E-state index in [4.69, 9.17) is 39.0 Å².